The van der Waals surface area contributed by atoms with Crippen LogP contribution in [0.2, 0.25) is 0 Å². The summed E-state index contributed by atoms with van der Waals surface area (Å²) in [5.74, 6) is 0. The minimum absolute atomic E-state index is 0. The monoisotopic (exact) mass is 194 g/mol. The van der Waals surface area contributed by atoms with Gasteiger partial charge in [-0.3, -0.25) is 0 Å². The number of halogens is 1. The standard InChI is InChI=1S/ClH.Fe.K.Zn/h1H;;;/q;;+1;/p-1. The van der Waals surface area contributed by atoms with Crippen molar-refractivity contribution in [2.24, 2.45) is 0 Å². The Morgan fingerprint density at radius 3 is 1.00 bits per heavy atom. The van der Waals surface area contributed by atoms with E-state index in [-0.39, 0.29) is 100 Å². The Morgan fingerprint density at radius 1 is 1.00 bits per heavy atom. The predicted octanol–water partition coefficient (Wildman–Crippen LogP) is -6.00. The van der Waals surface area contributed by atoms with Gasteiger partial charge >= 0.3 is 51.4 Å². The fraction of sp³-hybridized carbons (Fsp3) is 0. The van der Waals surface area contributed by atoms with Crippen molar-refractivity contribution in [1.82, 2.24) is 0 Å². The van der Waals surface area contributed by atoms with E-state index in [1.54, 1.807) is 0 Å². The van der Waals surface area contributed by atoms with Crippen LogP contribution in [0.1, 0.15) is 0 Å². The molecule has 0 atom stereocenters. The third kappa shape index (κ3) is 8.91. The van der Waals surface area contributed by atoms with Crippen LogP contribution in [0.15, 0.2) is 0 Å². The first kappa shape index (κ1) is 27.6. The zero-order valence-corrected chi connectivity index (χ0v) is 10.4. The number of rotatable bonds is 0. The molecule has 0 N–H and O–H groups in total. The molecule has 4 heavy (non-hydrogen) atoms. The van der Waals surface area contributed by atoms with E-state index in [0.717, 1.165) is 0 Å². The molecule has 0 saturated heterocycles. The summed E-state index contributed by atoms with van der Waals surface area (Å²) in [6.45, 7) is 0. The van der Waals surface area contributed by atoms with Crippen molar-refractivity contribution in [2.45, 2.75) is 0 Å². The normalized spacial score (nSPS) is 0. The molecule has 0 aromatic rings. The molecule has 0 nitrogen and oxygen atoms in total. The van der Waals surface area contributed by atoms with Crippen molar-refractivity contribution < 1.29 is 100 Å². The summed E-state index contributed by atoms with van der Waals surface area (Å²) in [5, 5.41) is 0. The summed E-state index contributed by atoms with van der Waals surface area (Å²) in [5.41, 5.74) is 0. The van der Waals surface area contributed by atoms with E-state index < -0.39 is 0 Å². The molecule has 0 aliphatic carbocycles. The second kappa shape index (κ2) is 16.6. The average molecular weight is 196 g/mol. The summed E-state index contributed by atoms with van der Waals surface area (Å²) in [6.07, 6.45) is 0. The molecule has 0 amide bonds. The van der Waals surface area contributed by atoms with Crippen LogP contribution in [0, 0.1) is 0 Å². The maximum atomic E-state index is 0. The van der Waals surface area contributed by atoms with Gasteiger partial charge in [-0.1, -0.05) is 0 Å². The van der Waals surface area contributed by atoms with Gasteiger partial charge in [-0.25, -0.2) is 0 Å². The van der Waals surface area contributed by atoms with Gasteiger partial charge in [0, 0.05) is 36.5 Å². The molecule has 0 spiro atoms. The fourth-order valence-electron chi connectivity index (χ4n) is 0. The van der Waals surface area contributed by atoms with Crippen molar-refractivity contribution in [3.63, 3.8) is 0 Å². The van der Waals surface area contributed by atoms with Gasteiger partial charge in [-0.2, -0.15) is 0 Å². The van der Waals surface area contributed by atoms with E-state index in [2.05, 4.69) is 0 Å². The molecule has 0 aromatic carbocycles. The zero-order valence-electron chi connectivity index (χ0n) is 2.44. The van der Waals surface area contributed by atoms with Gasteiger partial charge in [0.25, 0.3) is 0 Å². The Morgan fingerprint density at radius 2 is 1.00 bits per heavy atom. The quantitative estimate of drug-likeness (QED) is 0.338. The average Bonchev–Trinajstić information content (AvgIpc) is 0. The van der Waals surface area contributed by atoms with Gasteiger partial charge in [0.2, 0.25) is 0 Å². The summed E-state index contributed by atoms with van der Waals surface area (Å²) in [6, 6.07) is 0. The molecule has 18 valence electrons. The number of hydrogen-bond acceptors (Lipinski definition) is 0. The molecule has 0 aliphatic rings. The van der Waals surface area contributed by atoms with Crippen LogP contribution in [-0.2, 0) is 36.5 Å². The molecule has 0 aliphatic heterocycles. The topological polar surface area (TPSA) is 0 Å². The largest absolute Gasteiger partial charge is 1.00 e. The first-order valence-electron chi connectivity index (χ1n) is 0. The molecule has 0 saturated carbocycles. The van der Waals surface area contributed by atoms with E-state index >= 15 is 0 Å². The summed E-state index contributed by atoms with van der Waals surface area (Å²) < 4.78 is 0. The molecule has 4 heteroatoms. The van der Waals surface area contributed by atoms with E-state index in [1.807, 2.05) is 0 Å². The van der Waals surface area contributed by atoms with E-state index in [0.29, 0.717) is 0 Å². The molecular weight excluding hydrogens is 196 g/mol. The third-order valence-electron chi connectivity index (χ3n) is 0. The summed E-state index contributed by atoms with van der Waals surface area (Å²) in [4.78, 5) is 0. The molecule has 0 bridgehead atoms. The molecule has 0 rings (SSSR count). The van der Waals surface area contributed by atoms with Gasteiger partial charge in [-0.05, 0) is 0 Å². The van der Waals surface area contributed by atoms with Crippen LogP contribution in [-0.4, -0.2) is 0 Å². The number of hydrogen-bond donors (Lipinski definition) is 0. The van der Waals surface area contributed by atoms with Crippen molar-refractivity contribution >= 4 is 0 Å². The van der Waals surface area contributed by atoms with Crippen molar-refractivity contribution in [3.05, 3.63) is 0 Å². The van der Waals surface area contributed by atoms with Crippen molar-refractivity contribution in [3.8, 4) is 0 Å². The smallest absolute Gasteiger partial charge is 1.00 e. The molecular formula is ClFeKZn. The van der Waals surface area contributed by atoms with Crippen LogP contribution >= 0.6 is 0 Å². The van der Waals surface area contributed by atoms with E-state index in [4.69, 9.17) is 0 Å². The van der Waals surface area contributed by atoms with Crippen molar-refractivity contribution in [1.29, 1.82) is 0 Å². The maximum absolute atomic E-state index is 0. The van der Waals surface area contributed by atoms with Gasteiger partial charge in [-0.15, -0.1) is 0 Å². The van der Waals surface area contributed by atoms with Gasteiger partial charge in [0.05, 0.1) is 0 Å². The van der Waals surface area contributed by atoms with Crippen molar-refractivity contribution in [2.75, 3.05) is 0 Å². The van der Waals surface area contributed by atoms with Crippen LogP contribution in [0.25, 0.3) is 0 Å². The second-order valence-corrected chi connectivity index (χ2v) is 0. The second-order valence-electron chi connectivity index (χ2n) is 0. The minimum Gasteiger partial charge on any atom is -1.00 e. The van der Waals surface area contributed by atoms with E-state index in [1.165, 1.54) is 0 Å². The SMILES string of the molecule is [Cl-].[Fe].[K+].[Zn]. The molecule has 0 heterocycles. The minimum atomic E-state index is 0. The molecule has 0 unspecified atom stereocenters. The van der Waals surface area contributed by atoms with Crippen LogP contribution in [0.3, 0.4) is 0 Å². The zero-order chi connectivity index (χ0) is 0. The Hall–Kier alpha value is 3.07. The van der Waals surface area contributed by atoms with Gasteiger partial charge in [0.1, 0.15) is 0 Å². The first-order chi connectivity index (χ1) is 0. The van der Waals surface area contributed by atoms with E-state index in [9.17, 15) is 0 Å². The maximum Gasteiger partial charge on any atom is 1.00 e. The Labute approximate surface area is 97.9 Å². The predicted molar refractivity (Wildman–Crippen MR) is 0 cm³/mol. The Kier molecular flexibility index (Phi) is 114. The first-order valence-corrected chi connectivity index (χ1v) is 0. The molecule has 0 fully saturated rings. The fourth-order valence-corrected chi connectivity index (χ4v) is 0. The third-order valence-corrected chi connectivity index (χ3v) is 0. The van der Waals surface area contributed by atoms with Gasteiger partial charge in [0.15, 0.2) is 0 Å². The summed E-state index contributed by atoms with van der Waals surface area (Å²) >= 11 is 0. The Bertz CT molecular complexity index is 8.00. The van der Waals surface area contributed by atoms with Crippen LogP contribution < -0.4 is 63.8 Å². The molecule has 0 aromatic heterocycles. The van der Waals surface area contributed by atoms with Crippen LogP contribution in [0.5, 0.6) is 0 Å². The summed E-state index contributed by atoms with van der Waals surface area (Å²) in [7, 11) is 0. The molecule has 0 radical (unpaired) electrons. The van der Waals surface area contributed by atoms with Gasteiger partial charge < -0.3 is 12.4 Å². The van der Waals surface area contributed by atoms with Crippen LogP contribution in [0.4, 0.5) is 0 Å². The Balaban J connectivity index is 0.